The molecule has 140 valence electrons. The van der Waals surface area contributed by atoms with Gasteiger partial charge in [0.25, 0.3) is 5.56 Å². The minimum atomic E-state index is -1.19. The zero-order valence-corrected chi connectivity index (χ0v) is 15.0. The highest BCUT2D eigenvalue weighted by Gasteiger charge is 2.48. The summed E-state index contributed by atoms with van der Waals surface area (Å²) in [4.78, 5) is 30.1. The average molecular weight is 369 g/mol. The molecular weight excluding hydrogens is 350 g/mol. The quantitative estimate of drug-likeness (QED) is 0.641. The first-order valence-corrected chi connectivity index (χ1v) is 8.43. The first-order valence-electron chi connectivity index (χ1n) is 8.43. The number of aryl methyl sites for hydroxylation is 2. The van der Waals surface area contributed by atoms with Crippen molar-refractivity contribution in [3.8, 4) is 0 Å². The molecule has 2 aromatic heterocycles. The highest BCUT2D eigenvalue weighted by Crippen LogP contribution is 2.29. The molecule has 0 aliphatic carbocycles. The van der Waals surface area contributed by atoms with Crippen LogP contribution in [0.1, 0.15) is 11.5 Å². The molecule has 0 spiro atoms. The van der Waals surface area contributed by atoms with E-state index in [9.17, 15) is 14.7 Å². The molecule has 1 saturated heterocycles. The van der Waals surface area contributed by atoms with E-state index >= 15 is 0 Å². The van der Waals surface area contributed by atoms with Crippen molar-refractivity contribution >= 4 is 16.8 Å². The van der Waals surface area contributed by atoms with Gasteiger partial charge in [-0.1, -0.05) is 18.2 Å². The number of urea groups is 1. The zero-order valence-electron chi connectivity index (χ0n) is 15.0. The topological polar surface area (TPSA) is 118 Å². The highest BCUT2D eigenvalue weighted by atomic mass is 16.3. The number of aromatic nitrogens is 5. The van der Waals surface area contributed by atoms with Crippen LogP contribution in [0.4, 0.5) is 4.79 Å². The van der Waals surface area contributed by atoms with Gasteiger partial charge in [-0.05, 0) is 6.07 Å². The van der Waals surface area contributed by atoms with Crippen LogP contribution in [0.5, 0.6) is 0 Å². The number of carbonyl (C=O) groups is 1. The third-order valence-corrected chi connectivity index (χ3v) is 4.76. The van der Waals surface area contributed by atoms with E-state index in [2.05, 4.69) is 20.5 Å². The molecule has 0 radical (unpaired) electrons. The molecule has 10 nitrogen and oxygen atoms in total. The number of likely N-dealkylation sites (tertiary alicyclic amines) is 1. The lowest BCUT2D eigenvalue weighted by Crippen LogP contribution is -2.64. The monoisotopic (exact) mass is 369 g/mol. The normalized spacial score (nSPS) is 15.6. The first kappa shape index (κ1) is 17.2. The number of nitrogens with zero attached hydrogens (tertiary/aromatic N) is 6. The van der Waals surface area contributed by atoms with Gasteiger partial charge in [-0.25, -0.2) is 14.5 Å². The van der Waals surface area contributed by atoms with Crippen LogP contribution in [0.15, 0.2) is 35.4 Å². The predicted octanol–water partition coefficient (Wildman–Crippen LogP) is -0.525. The molecule has 4 rings (SSSR count). The van der Waals surface area contributed by atoms with Crippen molar-refractivity contribution in [3.63, 3.8) is 0 Å². The van der Waals surface area contributed by atoms with Crippen LogP contribution in [0.25, 0.3) is 10.8 Å². The maximum atomic E-state index is 12.4. The summed E-state index contributed by atoms with van der Waals surface area (Å²) in [6, 6.07) is 6.84. The number of fused-ring (bicyclic) bond motifs is 1. The molecule has 1 aliphatic rings. The standard InChI is InChI=1S/C17H19N7O3/c1-22-14(25)12-6-4-3-5-11(12)13(21-22)7-18-16(26)24-8-17(27,9-24)15-19-10-20-23(15)2/h3-6,10,27H,7-9H2,1-2H3,(H,18,26). The van der Waals surface area contributed by atoms with Crippen molar-refractivity contribution in [2.24, 2.45) is 14.1 Å². The Balaban J connectivity index is 1.46. The molecule has 0 unspecified atom stereocenters. The van der Waals surface area contributed by atoms with Crippen LogP contribution in [-0.4, -0.2) is 53.7 Å². The van der Waals surface area contributed by atoms with E-state index in [0.717, 1.165) is 0 Å². The van der Waals surface area contributed by atoms with Gasteiger partial charge in [0.2, 0.25) is 0 Å². The number of hydrogen-bond acceptors (Lipinski definition) is 6. The summed E-state index contributed by atoms with van der Waals surface area (Å²) in [6.45, 7) is 0.437. The predicted molar refractivity (Wildman–Crippen MR) is 95.7 cm³/mol. The van der Waals surface area contributed by atoms with Crippen molar-refractivity contribution in [2.45, 2.75) is 12.1 Å². The Morgan fingerprint density at radius 3 is 2.59 bits per heavy atom. The summed E-state index contributed by atoms with van der Waals surface area (Å²) in [5.41, 5.74) is -0.772. The number of aliphatic hydroxyl groups is 1. The SMILES string of the molecule is Cn1ncnc1C1(O)CN(C(=O)NCc2nn(C)c(=O)c3ccccc23)C1. The Labute approximate surface area is 154 Å². The first-order chi connectivity index (χ1) is 12.9. The fourth-order valence-electron chi connectivity index (χ4n) is 3.37. The van der Waals surface area contributed by atoms with Gasteiger partial charge >= 0.3 is 6.03 Å². The highest BCUT2D eigenvalue weighted by molar-refractivity contribution is 5.84. The van der Waals surface area contributed by atoms with Crippen LogP contribution >= 0.6 is 0 Å². The molecule has 27 heavy (non-hydrogen) atoms. The van der Waals surface area contributed by atoms with Gasteiger partial charge in [0, 0.05) is 19.5 Å². The van der Waals surface area contributed by atoms with Crippen LogP contribution in [-0.2, 0) is 26.2 Å². The van der Waals surface area contributed by atoms with Gasteiger partial charge in [0.05, 0.1) is 30.7 Å². The molecule has 3 heterocycles. The number of benzene rings is 1. The van der Waals surface area contributed by atoms with Crippen molar-refractivity contribution < 1.29 is 9.90 Å². The molecule has 3 aromatic rings. The van der Waals surface area contributed by atoms with E-state index < -0.39 is 5.60 Å². The molecule has 10 heteroatoms. The van der Waals surface area contributed by atoms with Crippen LogP contribution in [0.3, 0.4) is 0 Å². The van der Waals surface area contributed by atoms with E-state index in [1.807, 2.05) is 12.1 Å². The summed E-state index contributed by atoms with van der Waals surface area (Å²) in [5, 5.41) is 22.8. The van der Waals surface area contributed by atoms with E-state index in [1.165, 1.54) is 20.6 Å². The molecule has 2 N–H and O–H groups in total. The number of nitrogens with one attached hydrogen (secondary N) is 1. The zero-order chi connectivity index (χ0) is 19.2. The average Bonchev–Trinajstić information content (AvgIpc) is 3.07. The Bertz CT molecular complexity index is 1080. The second-order valence-corrected chi connectivity index (χ2v) is 6.67. The summed E-state index contributed by atoms with van der Waals surface area (Å²) >= 11 is 0. The van der Waals surface area contributed by atoms with Gasteiger partial charge < -0.3 is 15.3 Å². The van der Waals surface area contributed by atoms with Crippen molar-refractivity contribution in [1.82, 2.24) is 34.8 Å². The maximum Gasteiger partial charge on any atom is 0.317 e. The van der Waals surface area contributed by atoms with Gasteiger partial charge in [-0.2, -0.15) is 10.2 Å². The molecule has 0 saturated carbocycles. The molecular formula is C17H19N7O3. The van der Waals surface area contributed by atoms with Crippen LogP contribution in [0, 0.1) is 0 Å². The van der Waals surface area contributed by atoms with Gasteiger partial charge in [-0.15, -0.1) is 0 Å². The summed E-state index contributed by atoms with van der Waals surface area (Å²) in [5.74, 6) is 0.428. The Morgan fingerprint density at radius 1 is 1.22 bits per heavy atom. The van der Waals surface area contributed by atoms with Crippen molar-refractivity contribution in [3.05, 3.63) is 52.5 Å². The molecule has 1 fully saturated rings. The molecule has 1 aliphatic heterocycles. The number of amides is 2. The lowest BCUT2D eigenvalue weighted by molar-refractivity contribution is -0.0901. The molecule has 0 atom stereocenters. The Hall–Kier alpha value is -3.27. The minimum Gasteiger partial charge on any atom is -0.378 e. The number of rotatable bonds is 3. The van der Waals surface area contributed by atoms with Crippen molar-refractivity contribution in [1.29, 1.82) is 0 Å². The number of β-amino-alcohol motifs (C(OH)–C–C–N with tert-alkyl or cyclic N) is 1. The number of carbonyl (C=O) groups excluding carboxylic acids is 1. The fraction of sp³-hybridized carbons (Fsp3) is 0.353. The smallest absolute Gasteiger partial charge is 0.317 e. The summed E-state index contributed by atoms with van der Waals surface area (Å²) in [7, 11) is 3.27. The third kappa shape index (κ3) is 2.83. The number of hydrogen-bond donors (Lipinski definition) is 2. The largest absolute Gasteiger partial charge is 0.378 e. The lowest BCUT2D eigenvalue weighted by atomic mass is 9.93. The van der Waals surface area contributed by atoms with E-state index in [-0.39, 0.29) is 31.2 Å². The van der Waals surface area contributed by atoms with E-state index in [4.69, 9.17) is 0 Å². The Kier molecular flexibility index (Phi) is 3.92. The fourth-order valence-corrected chi connectivity index (χ4v) is 3.37. The second kappa shape index (κ2) is 6.16. The summed E-state index contributed by atoms with van der Waals surface area (Å²) < 4.78 is 2.76. The van der Waals surface area contributed by atoms with Gasteiger partial charge in [-0.3, -0.25) is 9.48 Å². The summed E-state index contributed by atoms with van der Waals surface area (Å²) in [6.07, 6.45) is 1.37. The van der Waals surface area contributed by atoms with Crippen LogP contribution < -0.4 is 10.9 Å². The Morgan fingerprint density at radius 2 is 1.93 bits per heavy atom. The lowest BCUT2D eigenvalue weighted by Gasteiger charge is -2.45. The van der Waals surface area contributed by atoms with Gasteiger partial charge in [0.15, 0.2) is 11.4 Å². The van der Waals surface area contributed by atoms with Crippen molar-refractivity contribution in [2.75, 3.05) is 13.1 Å². The third-order valence-electron chi connectivity index (χ3n) is 4.76. The minimum absolute atomic E-state index is 0.132. The van der Waals surface area contributed by atoms with E-state index in [1.54, 1.807) is 26.2 Å². The maximum absolute atomic E-state index is 12.4. The van der Waals surface area contributed by atoms with E-state index in [0.29, 0.717) is 22.3 Å². The molecule has 1 aromatic carbocycles. The van der Waals surface area contributed by atoms with Gasteiger partial charge in [0.1, 0.15) is 6.33 Å². The molecule has 0 bridgehead atoms. The second-order valence-electron chi connectivity index (χ2n) is 6.67. The molecule has 2 amide bonds. The van der Waals surface area contributed by atoms with Crippen LogP contribution in [0.2, 0.25) is 0 Å².